The molecule has 0 spiro atoms. The Balaban J connectivity index is 3.47. The molecule has 0 N–H and O–H groups in total. The second kappa shape index (κ2) is 7.47. The van der Waals surface area contributed by atoms with E-state index < -0.39 is 10.8 Å². The summed E-state index contributed by atoms with van der Waals surface area (Å²) in [5.41, 5.74) is 0. The Morgan fingerprint density at radius 1 is 1.25 bits per heavy atom. The van der Waals surface area contributed by atoms with Crippen LogP contribution in [-0.4, -0.2) is 21.5 Å². The Morgan fingerprint density at radius 2 is 1.92 bits per heavy atom. The summed E-state index contributed by atoms with van der Waals surface area (Å²) in [4.78, 5) is 11.0. The van der Waals surface area contributed by atoms with Crippen molar-refractivity contribution in [2.24, 2.45) is 0 Å². The average Bonchev–Trinajstić information content (AvgIpc) is 2.01. The normalized spacial score (nSPS) is 12.8. The molecule has 0 fully saturated rings. The SMILES string of the molecule is CCCCS(=O)CC(=O)CCC. The van der Waals surface area contributed by atoms with Crippen LogP contribution in [0.2, 0.25) is 0 Å². The number of Topliss-reactive ketones (excluding diaryl/α,β-unsaturated/α-hetero) is 1. The second-order valence-electron chi connectivity index (χ2n) is 2.93. The molecule has 0 aliphatic carbocycles. The van der Waals surface area contributed by atoms with Gasteiger partial charge in [-0.2, -0.15) is 0 Å². The monoisotopic (exact) mass is 190 g/mol. The summed E-state index contributed by atoms with van der Waals surface area (Å²) < 4.78 is 11.2. The molecule has 1 atom stereocenters. The van der Waals surface area contributed by atoms with Gasteiger partial charge in [0.2, 0.25) is 0 Å². The van der Waals surface area contributed by atoms with Gasteiger partial charge in [-0.25, -0.2) is 0 Å². The van der Waals surface area contributed by atoms with Crippen LogP contribution in [0.4, 0.5) is 0 Å². The first-order chi connectivity index (χ1) is 5.70. The zero-order valence-electron chi connectivity index (χ0n) is 7.97. The van der Waals surface area contributed by atoms with Crippen LogP contribution in [0.5, 0.6) is 0 Å². The molecule has 0 amide bonds. The first-order valence-electron chi connectivity index (χ1n) is 4.57. The molecule has 72 valence electrons. The van der Waals surface area contributed by atoms with Gasteiger partial charge in [-0.15, -0.1) is 0 Å². The van der Waals surface area contributed by atoms with E-state index in [9.17, 15) is 9.00 Å². The number of carbonyl (C=O) groups excluding carboxylic acids is 1. The summed E-state index contributed by atoms with van der Waals surface area (Å²) in [6.45, 7) is 4.03. The van der Waals surface area contributed by atoms with Crippen LogP contribution in [-0.2, 0) is 15.6 Å². The zero-order chi connectivity index (χ0) is 9.40. The number of unbranched alkanes of at least 4 members (excludes halogenated alkanes) is 1. The third kappa shape index (κ3) is 6.53. The molecular weight excluding hydrogens is 172 g/mol. The van der Waals surface area contributed by atoms with E-state index >= 15 is 0 Å². The number of ketones is 1. The second-order valence-corrected chi connectivity index (χ2v) is 4.51. The molecule has 0 aromatic carbocycles. The number of hydrogen-bond acceptors (Lipinski definition) is 2. The maximum atomic E-state index is 11.2. The Kier molecular flexibility index (Phi) is 7.36. The molecule has 0 heterocycles. The summed E-state index contributed by atoms with van der Waals surface area (Å²) >= 11 is 0. The van der Waals surface area contributed by atoms with Gasteiger partial charge in [-0.1, -0.05) is 20.3 Å². The molecule has 0 aliphatic rings. The first-order valence-corrected chi connectivity index (χ1v) is 6.06. The van der Waals surface area contributed by atoms with Gasteiger partial charge < -0.3 is 0 Å². The van der Waals surface area contributed by atoms with Gasteiger partial charge in [0.25, 0.3) is 0 Å². The zero-order valence-corrected chi connectivity index (χ0v) is 8.78. The van der Waals surface area contributed by atoms with Crippen molar-refractivity contribution >= 4 is 16.6 Å². The summed E-state index contributed by atoms with van der Waals surface area (Å²) in [5.74, 6) is 1.10. The molecule has 0 aliphatic heterocycles. The molecule has 0 saturated carbocycles. The molecule has 12 heavy (non-hydrogen) atoms. The lowest BCUT2D eigenvalue weighted by atomic mass is 10.3. The Bertz CT molecular complexity index is 155. The molecule has 0 aromatic rings. The molecule has 0 bridgehead atoms. The molecule has 0 rings (SSSR count). The van der Waals surface area contributed by atoms with Crippen molar-refractivity contribution in [2.45, 2.75) is 39.5 Å². The topological polar surface area (TPSA) is 34.1 Å². The minimum absolute atomic E-state index is 0.145. The smallest absolute Gasteiger partial charge is 0.145 e. The van der Waals surface area contributed by atoms with Gasteiger partial charge in [0.05, 0.1) is 5.75 Å². The third-order valence-corrected chi connectivity index (χ3v) is 2.96. The van der Waals surface area contributed by atoms with Gasteiger partial charge in [-0.3, -0.25) is 9.00 Å². The van der Waals surface area contributed by atoms with Gasteiger partial charge in [-0.05, 0) is 12.8 Å². The van der Waals surface area contributed by atoms with E-state index in [1.807, 2.05) is 6.92 Å². The lowest BCUT2D eigenvalue weighted by Gasteiger charge is -1.98. The molecular formula is C9H18O2S. The van der Waals surface area contributed by atoms with Gasteiger partial charge in [0.15, 0.2) is 0 Å². The summed E-state index contributed by atoms with van der Waals surface area (Å²) in [6, 6.07) is 0. The molecule has 2 nitrogen and oxygen atoms in total. The number of hydrogen-bond donors (Lipinski definition) is 0. The maximum absolute atomic E-state index is 11.2. The minimum Gasteiger partial charge on any atom is -0.299 e. The van der Waals surface area contributed by atoms with Crippen LogP contribution in [0.3, 0.4) is 0 Å². The molecule has 1 unspecified atom stereocenters. The van der Waals surface area contributed by atoms with Crippen molar-refractivity contribution in [2.75, 3.05) is 11.5 Å². The Hall–Kier alpha value is -0.180. The van der Waals surface area contributed by atoms with E-state index in [-0.39, 0.29) is 11.5 Å². The van der Waals surface area contributed by atoms with Crippen LogP contribution in [0.15, 0.2) is 0 Å². The average molecular weight is 190 g/mol. The summed E-state index contributed by atoms with van der Waals surface area (Å²) in [6.07, 6.45) is 3.46. The van der Waals surface area contributed by atoms with E-state index in [0.29, 0.717) is 12.2 Å². The lowest BCUT2D eigenvalue weighted by molar-refractivity contribution is -0.116. The van der Waals surface area contributed by atoms with E-state index in [1.54, 1.807) is 0 Å². The predicted octanol–water partition coefficient (Wildman–Crippen LogP) is 1.90. The fraction of sp³-hybridized carbons (Fsp3) is 0.889. The van der Waals surface area contributed by atoms with E-state index in [0.717, 1.165) is 19.3 Å². The minimum atomic E-state index is -0.901. The standard InChI is InChI=1S/C9H18O2S/c1-3-5-7-12(11)8-9(10)6-4-2/h3-8H2,1-2H3. The van der Waals surface area contributed by atoms with Crippen molar-refractivity contribution in [3.05, 3.63) is 0 Å². The number of rotatable bonds is 7. The fourth-order valence-corrected chi connectivity index (χ4v) is 2.17. The van der Waals surface area contributed by atoms with Crippen molar-refractivity contribution in [3.8, 4) is 0 Å². The molecule has 0 radical (unpaired) electrons. The Morgan fingerprint density at radius 3 is 2.42 bits per heavy atom. The Labute approximate surface area is 77.2 Å². The van der Waals surface area contributed by atoms with Gasteiger partial charge in [0.1, 0.15) is 5.78 Å². The van der Waals surface area contributed by atoms with E-state index in [1.165, 1.54) is 0 Å². The molecule has 3 heteroatoms. The largest absolute Gasteiger partial charge is 0.299 e. The van der Waals surface area contributed by atoms with Crippen molar-refractivity contribution in [1.82, 2.24) is 0 Å². The highest BCUT2D eigenvalue weighted by molar-refractivity contribution is 7.85. The van der Waals surface area contributed by atoms with Gasteiger partial charge >= 0.3 is 0 Å². The van der Waals surface area contributed by atoms with E-state index in [4.69, 9.17) is 0 Å². The highest BCUT2D eigenvalue weighted by atomic mass is 32.2. The van der Waals surface area contributed by atoms with Crippen LogP contribution < -0.4 is 0 Å². The van der Waals surface area contributed by atoms with Gasteiger partial charge in [0, 0.05) is 23.0 Å². The quantitative estimate of drug-likeness (QED) is 0.614. The van der Waals surface area contributed by atoms with E-state index in [2.05, 4.69) is 6.92 Å². The molecule has 0 aromatic heterocycles. The number of carbonyl (C=O) groups is 1. The highest BCUT2D eigenvalue weighted by Crippen LogP contribution is 1.96. The third-order valence-electron chi connectivity index (χ3n) is 1.58. The maximum Gasteiger partial charge on any atom is 0.145 e. The van der Waals surface area contributed by atoms with Crippen LogP contribution >= 0.6 is 0 Å². The fourth-order valence-electron chi connectivity index (χ4n) is 0.908. The first kappa shape index (κ1) is 11.8. The van der Waals surface area contributed by atoms with Crippen LogP contribution in [0.25, 0.3) is 0 Å². The van der Waals surface area contributed by atoms with Crippen LogP contribution in [0.1, 0.15) is 39.5 Å². The molecule has 0 saturated heterocycles. The van der Waals surface area contributed by atoms with Crippen molar-refractivity contribution < 1.29 is 9.00 Å². The lowest BCUT2D eigenvalue weighted by Crippen LogP contribution is -2.12. The summed E-state index contributed by atoms with van der Waals surface area (Å²) in [7, 11) is -0.901. The summed E-state index contributed by atoms with van der Waals surface area (Å²) in [5, 5.41) is 0. The predicted molar refractivity (Wildman–Crippen MR) is 52.7 cm³/mol. The van der Waals surface area contributed by atoms with Crippen LogP contribution in [0, 0.1) is 0 Å². The van der Waals surface area contributed by atoms with Crippen molar-refractivity contribution in [1.29, 1.82) is 0 Å². The highest BCUT2D eigenvalue weighted by Gasteiger charge is 2.05. The van der Waals surface area contributed by atoms with Crippen molar-refractivity contribution in [3.63, 3.8) is 0 Å².